The lowest BCUT2D eigenvalue weighted by atomic mass is 10.1. The molecule has 1 N–H and O–H groups in total. The molecule has 174 valence electrons. The average molecular weight is 511 g/mol. The van der Waals surface area contributed by atoms with Crippen LogP contribution in [0.4, 0.5) is 17.3 Å². The molecular formula is C25H31BrN6O. The molecular weight excluding hydrogens is 480 g/mol. The van der Waals surface area contributed by atoms with Gasteiger partial charge in [0.15, 0.2) is 0 Å². The summed E-state index contributed by atoms with van der Waals surface area (Å²) in [5.41, 5.74) is 3.79. The van der Waals surface area contributed by atoms with Crippen LogP contribution in [0.2, 0.25) is 0 Å². The van der Waals surface area contributed by atoms with Gasteiger partial charge in [-0.3, -0.25) is 9.36 Å². The molecule has 0 atom stereocenters. The number of nitrogens with one attached hydrogen (secondary N) is 1. The number of hydrogen-bond donors (Lipinski definition) is 1. The first-order valence-corrected chi connectivity index (χ1v) is 12.7. The predicted molar refractivity (Wildman–Crippen MR) is 138 cm³/mol. The fraction of sp³-hybridized carbons (Fsp3) is 0.480. The minimum Gasteiger partial charge on any atom is -0.370 e. The topological polar surface area (TPSA) is 66.3 Å². The van der Waals surface area contributed by atoms with Crippen LogP contribution in [0.3, 0.4) is 0 Å². The zero-order valence-corrected chi connectivity index (χ0v) is 20.9. The van der Waals surface area contributed by atoms with Gasteiger partial charge in [-0.05, 0) is 85.5 Å². The number of aryl methyl sites for hydroxylation is 1. The first-order valence-electron chi connectivity index (χ1n) is 11.9. The maximum absolute atomic E-state index is 13.1. The summed E-state index contributed by atoms with van der Waals surface area (Å²) in [6.07, 6.45) is 7.35. The number of likely N-dealkylation sites (N-methyl/N-ethyl adjacent to an activating group) is 1. The highest BCUT2D eigenvalue weighted by molar-refractivity contribution is 9.10. The molecule has 0 bridgehead atoms. The predicted octanol–water partition coefficient (Wildman–Crippen LogP) is 4.86. The van der Waals surface area contributed by atoms with E-state index in [1.165, 1.54) is 12.1 Å². The lowest BCUT2D eigenvalue weighted by molar-refractivity contribution is 0.360. The maximum atomic E-state index is 13.1. The van der Waals surface area contributed by atoms with E-state index in [2.05, 4.69) is 67.3 Å². The van der Waals surface area contributed by atoms with E-state index < -0.39 is 0 Å². The van der Waals surface area contributed by atoms with Crippen LogP contribution in [0, 0.1) is 6.92 Å². The summed E-state index contributed by atoms with van der Waals surface area (Å²) in [7, 11) is 2.19. The van der Waals surface area contributed by atoms with Gasteiger partial charge in [-0.15, -0.1) is 0 Å². The summed E-state index contributed by atoms with van der Waals surface area (Å²) >= 11 is 3.51. The molecule has 0 amide bonds. The Morgan fingerprint density at radius 2 is 1.79 bits per heavy atom. The molecule has 2 fully saturated rings. The van der Waals surface area contributed by atoms with Gasteiger partial charge in [0.05, 0.1) is 4.47 Å². The van der Waals surface area contributed by atoms with E-state index in [9.17, 15) is 4.79 Å². The zero-order chi connectivity index (χ0) is 22.9. The Balaban J connectivity index is 1.43. The molecule has 1 saturated heterocycles. The molecule has 3 aromatic rings. The first kappa shape index (κ1) is 22.3. The van der Waals surface area contributed by atoms with Gasteiger partial charge in [0.2, 0.25) is 5.95 Å². The SMILES string of the molecule is Cc1c(Br)c(=O)n(C2CCCC2)c2nc(Nc3ccc(N4CCCN(C)CC4)cc3)ncc12. The van der Waals surface area contributed by atoms with Crippen molar-refractivity contribution in [3.05, 3.63) is 50.9 Å². The molecule has 8 heteroatoms. The highest BCUT2D eigenvalue weighted by atomic mass is 79.9. The van der Waals surface area contributed by atoms with Crippen molar-refractivity contribution in [2.24, 2.45) is 0 Å². The van der Waals surface area contributed by atoms with Crippen molar-refractivity contribution < 1.29 is 0 Å². The summed E-state index contributed by atoms with van der Waals surface area (Å²) in [5, 5.41) is 4.26. The smallest absolute Gasteiger partial charge is 0.267 e. The first-order chi connectivity index (χ1) is 16.0. The second kappa shape index (κ2) is 9.43. The van der Waals surface area contributed by atoms with Crippen LogP contribution >= 0.6 is 15.9 Å². The number of halogens is 1. The van der Waals surface area contributed by atoms with Gasteiger partial charge in [0.25, 0.3) is 5.56 Å². The number of benzene rings is 1. The second-order valence-electron chi connectivity index (χ2n) is 9.30. The summed E-state index contributed by atoms with van der Waals surface area (Å²) < 4.78 is 2.49. The molecule has 1 saturated carbocycles. The largest absolute Gasteiger partial charge is 0.370 e. The molecule has 7 nitrogen and oxygen atoms in total. The molecule has 0 unspecified atom stereocenters. The summed E-state index contributed by atoms with van der Waals surface area (Å²) in [4.78, 5) is 27.3. The highest BCUT2D eigenvalue weighted by Gasteiger charge is 2.24. The number of nitrogens with zero attached hydrogens (tertiary/aromatic N) is 5. The normalized spacial score (nSPS) is 18.1. The van der Waals surface area contributed by atoms with E-state index in [0.717, 1.165) is 74.1 Å². The van der Waals surface area contributed by atoms with E-state index in [0.29, 0.717) is 10.4 Å². The fourth-order valence-electron chi connectivity index (χ4n) is 5.05. The third kappa shape index (κ3) is 4.51. The van der Waals surface area contributed by atoms with E-state index in [1.807, 2.05) is 17.7 Å². The number of anilines is 3. The Labute approximate surface area is 203 Å². The van der Waals surface area contributed by atoms with Gasteiger partial charge < -0.3 is 15.1 Å². The van der Waals surface area contributed by atoms with E-state index in [1.54, 1.807) is 0 Å². The second-order valence-corrected chi connectivity index (χ2v) is 10.1. The van der Waals surface area contributed by atoms with Crippen LogP contribution in [0.5, 0.6) is 0 Å². The van der Waals surface area contributed by atoms with Gasteiger partial charge in [-0.1, -0.05) is 12.8 Å². The van der Waals surface area contributed by atoms with Crippen molar-refractivity contribution in [2.75, 3.05) is 43.4 Å². The van der Waals surface area contributed by atoms with Crippen molar-refractivity contribution in [3.63, 3.8) is 0 Å². The van der Waals surface area contributed by atoms with E-state index in [4.69, 9.17) is 4.98 Å². The molecule has 1 aliphatic heterocycles. The molecule has 2 aromatic heterocycles. The van der Waals surface area contributed by atoms with E-state index in [-0.39, 0.29) is 11.6 Å². The van der Waals surface area contributed by atoms with Crippen molar-refractivity contribution in [2.45, 2.75) is 45.1 Å². The minimum atomic E-state index is 0.00370. The van der Waals surface area contributed by atoms with E-state index >= 15 is 0 Å². The quantitative estimate of drug-likeness (QED) is 0.540. The van der Waals surface area contributed by atoms with Crippen LogP contribution in [-0.4, -0.2) is 52.7 Å². The van der Waals surface area contributed by atoms with Gasteiger partial charge in [-0.25, -0.2) is 4.98 Å². The number of pyridine rings is 1. The van der Waals surface area contributed by atoms with Gasteiger partial charge in [-0.2, -0.15) is 4.98 Å². The highest BCUT2D eigenvalue weighted by Crippen LogP contribution is 2.33. The number of rotatable bonds is 4. The summed E-state index contributed by atoms with van der Waals surface area (Å²) in [5.74, 6) is 0.513. The fourth-order valence-corrected chi connectivity index (χ4v) is 5.46. The van der Waals surface area contributed by atoms with Crippen molar-refractivity contribution in [1.29, 1.82) is 0 Å². The Hall–Kier alpha value is -2.45. The Kier molecular flexibility index (Phi) is 6.38. The molecule has 2 aliphatic rings. The number of aromatic nitrogens is 3. The van der Waals surface area contributed by atoms with Gasteiger partial charge in [0.1, 0.15) is 5.65 Å². The average Bonchev–Trinajstić information content (AvgIpc) is 3.26. The molecule has 5 rings (SSSR count). The standard InChI is InChI=1S/C25H31BrN6O/c1-17-21-16-27-25(29-23(21)32(24(33)22(17)26)20-6-3-4-7-20)28-18-8-10-19(11-9-18)31-13-5-12-30(2)14-15-31/h8-11,16,20H,3-7,12-15H2,1-2H3,(H,27,28,29). The third-order valence-electron chi connectivity index (χ3n) is 7.03. The van der Waals surface area contributed by atoms with Gasteiger partial charge >= 0.3 is 0 Å². The van der Waals surface area contributed by atoms with Crippen LogP contribution < -0.4 is 15.8 Å². The molecule has 33 heavy (non-hydrogen) atoms. The Bertz CT molecular complexity index is 1200. The lowest BCUT2D eigenvalue weighted by Gasteiger charge is -2.23. The number of hydrogen-bond acceptors (Lipinski definition) is 6. The molecule has 3 heterocycles. The van der Waals surface area contributed by atoms with Gasteiger partial charge in [0, 0.05) is 48.6 Å². The van der Waals surface area contributed by atoms with Crippen molar-refractivity contribution in [1.82, 2.24) is 19.4 Å². The Morgan fingerprint density at radius 3 is 2.55 bits per heavy atom. The third-order valence-corrected chi connectivity index (χ3v) is 7.97. The maximum Gasteiger partial charge on any atom is 0.267 e. The monoisotopic (exact) mass is 510 g/mol. The molecule has 0 radical (unpaired) electrons. The number of fused-ring (bicyclic) bond motifs is 1. The molecule has 1 aliphatic carbocycles. The van der Waals surface area contributed by atoms with Crippen LogP contribution in [0.1, 0.15) is 43.7 Å². The lowest BCUT2D eigenvalue weighted by Crippen LogP contribution is -2.28. The Morgan fingerprint density at radius 1 is 1.03 bits per heavy atom. The van der Waals surface area contributed by atoms with Crippen LogP contribution in [0.15, 0.2) is 39.7 Å². The van der Waals surface area contributed by atoms with Crippen LogP contribution in [-0.2, 0) is 0 Å². The minimum absolute atomic E-state index is 0.00370. The summed E-state index contributed by atoms with van der Waals surface area (Å²) in [6, 6.07) is 8.67. The zero-order valence-electron chi connectivity index (χ0n) is 19.4. The summed E-state index contributed by atoms with van der Waals surface area (Å²) in [6.45, 7) is 6.31. The van der Waals surface area contributed by atoms with Crippen molar-refractivity contribution in [3.8, 4) is 0 Å². The van der Waals surface area contributed by atoms with Crippen LogP contribution in [0.25, 0.3) is 11.0 Å². The van der Waals surface area contributed by atoms with Crippen molar-refractivity contribution >= 4 is 44.3 Å². The molecule has 1 aromatic carbocycles. The molecule has 0 spiro atoms.